The van der Waals surface area contributed by atoms with Crippen LogP contribution in [-0.2, 0) is 9.53 Å². The quantitative estimate of drug-likeness (QED) is 0.735. The minimum absolute atomic E-state index is 0.0695. The van der Waals surface area contributed by atoms with E-state index < -0.39 is 11.9 Å². The molecule has 0 bridgehead atoms. The lowest BCUT2D eigenvalue weighted by molar-refractivity contribution is -0.139. The highest BCUT2D eigenvalue weighted by molar-refractivity contribution is 5.97. The van der Waals surface area contributed by atoms with Crippen LogP contribution >= 0.6 is 0 Å². The molecule has 0 spiro atoms. The highest BCUT2D eigenvalue weighted by Gasteiger charge is 2.36. The Morgan fingerprint density at radius 3 is 2.81 bits per heavy atom. The Morgan fingerprint density at radius 2 is 2.04 bits per heavy atom. The van der Waals surface area contributed by atoms with Crippen LogP contribution in [0.3, 0.4) is 0 Å². The third-order valence-electron chi connectivity index (χ3n) is 4.51. The van der Waals surface area contributed by atoms with Gasteiger partial charge in [0.25, 0.3) is 0 Å². The molecule has 3 aromatic rings. The van der Waals surface area contributed by atoms with E-state index in [4.69, 9.17) is 15.2 Å². The van der Waals surface area contributed by atoms with Crippen LogP contribution in [0.15, 0.2) is 72.4 Å². The molecule has 0 saturated carbocycles. The summed E-state index contributed by atoms with van der Waals surface area (Å²) in [5.41, 5.74) is 8.20. The fourth-order valence-corrected chi connectivity index (χ4v) is 3.43. The molecule has 0 aliphatic carbocycles. The van der Waals surface area contributed by atoms with Crippen molar-refractivity contribution in [2.75, 3.05) is 6.61 Å². The molecule has 2 heterocycles. The molecule has 0 fully saturated rings. The number of aromatic nitrogens is 1. The van der Waals surface area contributed by atoms with E-state index in [-0.39, 0.29) is 12.5 Å². The SMILES string of the molecule is CCOC(=O)C1=C(N)Oc2ccc3ccccc3c2[C@H]1c1cccnc1. The van der Waals surface area contributed by atoms with Gasteiger partial charge >= 0.3 is 5.97 Å². The molecule has 0 amide bonds. The third-order valence-corrected chi connectivity index (χ3v) is 4.51. The predicted octanol–water partition coefficient (Wildman–Crippen LogP) is 3.49. The van der Waals surface area contributed by atoms with Gasteiger partial charge in [0.2, 0.25) is 5.88 Å². The number of benzene rings is 2. The summed E-state index contributed by atoms with van der Waals surface area (Å²) >= 11 is 0. The van der Waals surface area contributed by atoms with E-state index in [1.54, 1.807) is 19.3 Å². The number of hydrogen-bond donors (Lipinski definition) is 1. The molecule has 4 rings (SSSR count). The first-order valence-corrected chi connectivity index (χ1v) is 8.47. The number of carbonyl (C=O) groups excluding carboxylic acids is 1. The normalized spacial score (nSPS) is 16.1. The summed E-state index contributed by atoms with van der Waals surface area (Å²) in [6.45, 7) is 2.03. The summed E-state index contributed by atoms with van der Waals surface area (Å²) in [6, 6.07) is 15.6. The molecular formula is C21H18N2O3. The van der Waals surface area contributed by atoms with E-state index in [2.05, 4.69) is 4.98 Å². The lowest BCUT2D eigenvalue weighted by Gasteiger charge is -2.29. The van der Waals surface area contributed by atoms with Crippen molar-refractivity contribution in [1.82, 2.24) is 4.98 Å². The topological polar surface area (TPSA) is 74.4 Å². The zero-order valence-electron chi connectivity index (χ0n) is 14.3. The first kappa shape index (κ1) is 16.1. The monoisotopic (exact) mass is 346 g/mol. The number of nitrogens with zero attached hydrogens (tertiary/aromatic N) is 1. The molecule has 26 heavy (non-hydrogen) atoms. The molecule has 1 aliphatic rings. The number of nitrogens with two attached hydrogens (primary N) is 1. The van der Waals surface area contributed by atoms with Crippen molar-refractivity contribution in [3.63, 3.8) is 0 Å². The van der Waals surface area contributed by atoms with Gasteiger partial charge in [-0.05, 0) is 35.4 Å². The molecule has 2 aromatic carbocycles. The molecule has 1 aliphatic heterocycles. The first-order valence-electron chi connectivity index (χ1n) is 8.47. The summed E-state index contributed by atoms with van der Waals surface area (Å²) in [4.78, 5) is 16.9. The van der Waals surface area contributed by atoms with Crippen LogP contribution in [0.4, 0.5) is 0 Å². The van der Waals surface area contributed by atoms with Crippen molar-refractivity contribution >= 4 is 16.7 Å². The number of carbonyl (C=O) groups is 1. The van der Waals surface area contributed by atoms with Gasteiger partial charge in [0.05, 0.1) is 12.5 Å². The number of pyridine rings is 1. The second kappa shape index (κ2) is 6.52. The Bertz CT molecular complexity index is 1010. The van der Waals surface area contributed by atoms with Crippen molar-refractivity contribution in [3.05, 3.63) is 83.5 Å². The summed E-state index contributed by atoms with van der Waals surface area (Å²) in [5.74, 6) is -0.168. The zero-order valence-corrected chi connectivity index (χ0v) is 14.3. The van der Waals surface area contributed by atoms with Crippen LogP contribution in [0, 0.1) is 0 Å². The Hall–Kier alpha value is -3.34. The Morgan fingerprint density at radius 1 is 1.19 bits per heavy atom. The molecule has 0 unspecified atom stereocenters. The second-order valence-corrected chi connectivity index (χ2v) is 6.02. The van der Waals surface area contributed by atoms with Crippen LogP contribution in [0.1, 0.15) is 24.0 Å². The van der Waals surface area contributed by atoms with Gasteiger partial charge in [-0.1, -0.05) is 36.4 Å². The second-order valence-electron chi connectivity index (χ2n) is 6.02. The van der Waals surface area contributed by atoms with Gasteiger partial charge in [0.15, 0.2) is 0 Å². The molecule has 5 nitrogen and oxygen atoms in total. The van der Waals surface area contributed by atoms with E-state index in [0.29, 0.717) is 11.3 Å². The Labute approximate surface area is 151 Å². The Balaban J connectivity index is 2.01. The molecule has 2 N–H and O–H groups in total. The van der Waals surface area contributed by atoms with E-state index in [1.807, 2.05) is 48.5 Å². The molecule has 1 atom stereocenters. The van der Waals surface area contributed by atoms with Gasteiger partial charge in [-0.3, -0.25) is 4.98 Å². The van der Waals surface area contributed by atoms with Gasteiger partial charge in [-0.25, -0.2) is 4.79 Å². The number of hydrogen-bond acceptors (Lipinski definition) is 5. The molecule has 5 heteroatoms. The van der Waals surface area contributed by atoms with Crippen LogP contribution in [0.25, 0.3) is 10.8 Å². The van der Waals surface area contributed by atoms with Gasteiger partial charge in [0, 0.05) is 18.0 Å². The van der Waals surface area contributed by atoms with Crippen molar-refractivity contribution in [2.24, 2.45) is 5.73 Å². The molecule has 1 aromatic heterocycles. The average molecular weight is 346 g/mol. The highest BCUT2D eigenvalue weighted by atomic mass is 16.5. The lowest BCUT2D eigenvalue weighted by atomic mass is 9.81. The van der Waals surface area contributed by atoms with Gasteiger partial charge < -0.3 is 15.2 Å². The predicted molar refractivity (Wildman–Crippen MR) is 98.5 cm³/mol. The van der Waals surface area contributed by atoms with Crippen molar-refractivity contribution < 1.29 is 14.3 Å². The lowest BCUT2D eigenvalue weighted by Crippen LogP contribution is -2.27. The number of fused-ring (bicyclic) bond motifs is 3. The van der Waals surface area contributed by atoms with Gasteiger partial charge in [-0.15, -0.1) is 0 Å². The summed E-state index contributed by atoms with van der Waals surface area (Å²) in [5, 5.41) is 2.07. The van der Waals surface area contributed by atoms with E-state index in [9.17, 15) is 4.79 Å². The molecule has 130 valence electrons. The maximum atomic E-state index is 12.7. The van der Waals surface area contributed by atoms with Crippen molar-refractivity contribution in [3.8, 4) is 5.75 Å². The maximum absolute atomic E-state index is 12.7. The molecule has 0 radical (unpaired) electrons. The van der Waals surface area contributed by atoms with Crippen LogP contribution in [0.5, 0.6) is 5.75 Å². The van der Waals surface area contributed by atoms with Crippen LogP contribution in [-0.4, -0.2) is 17.6 Å². The fourth-order valence-electron chi connectivity index (χ4n) is 3.43. The highest BCUT2D eigenvalue weighted by Crippen LogP contribution is 2.45. The smallest absolute Gasteiger partial charge is 0.340 e. The Kier molecular flexibility index (Phi) is 4.05. The minimum Gasteiger partial charge on any atom is -0.462 e. The summed E-state index contributed by atoms with van der Waals surface area (Å²) in [7, 11) is 0. The maximum Gasteiger partial charge on any atom is 0.340 e. The average Bonchev–Trinajstić information content (AvgIpc) is 2.67. The molecular weight excluding hydrogens is 328 g/mol. The number of ether oxygens (including phenoxy) is 2. The molecule has 0 saturated heterocycles. The van der Waals surface area contributed by atoms with Crippen LogP contribution in [0.2, 0.25) is 0 Å². The number of esters is 1. The van der Waals surface area contributed by atoms with E-state index in [1.165, 1.54) is 0 Å². The number of rotatable bonds is 3. The fraction of sp³-hybridized carbons (Fsp3) is 0.143. The summed E-state index contributed by atoms with van der Waals surface area (Å²) in [6.07, 6.45) is 3.44. The van der Waals surface area contributed by atoms with Gasteiger partial charge in [0.1, 0.15) is 11.3 Å². The van der Waals surface area contributed by atoms with Crippen molar-refractivity contribution in [1.29, 1.82) is 0 Å². The third kappa shape index (κ3) is 2.58. The van der Waals surface area contributed by atoms with Gasteiger partial charge in [-0.2, -0.15) is 0 Å². The zero-order chi connectivity index (χ0) is 18.1. The first-order chi connectivity index (χ1) is 12.7. The van der Waals surface area contributed by atoms with Crippen LogP contribution < -0.4 is 10.5 Å². The summed E-state index contributed by atoms with van der Waals surface area (Å²) < 4.78 is 11.1. The van der Waals surface area contributed by atoms with Crippen molar-refractivity contribution in [2.45, 2.75) is 12.8 Å². The van der Waals surface area contributed by atoms with E-state index >= 15 is 0 Å². The standard InChI is InChI=1S/C21H18N2O3/c1-2-25-21(24)19-17(14-7-5-11-23-12-14)18-15-8-4-3-6-13(15)9-10-16(18)26-20(19)22/h3-12,17H,2,22H2,1H3/t17-/m1/s1. The van der Waals surface area contributed by atoms with E-state index in [0.717, 1.165) is 21.9 Å². The largest absolute Gasteiger partial charge is 0.462 e. The minimum atomic E-state index is -0.475.